The van der Waals surface area contributed by atoms with Crippen molar-refractivity contribution in [1.29, 1.82) is 0 Å². The lowest BCUT2D eigenvalue weighted by Gasteiger charge is -2.31. The molecule has 0 saturated carbocycles. The van der Waals surface area contributed by atoms with E-state index in [1.807, 2.05) is 13.0 Å². The molecule has 0 atom stereocenters. The number of phenolic OH excluding ortho intramolecular Hbond substituents is 1. The molecule has 0 unspecified atom stereocenters. The van der Waals surface area contributed by atoms with Gasteiger partial charge in [0.2, 0.25) is 0 Å². The number of halogens is 1. The van der Waals surface area contributed by atoms with Crippen molar-refractivity contribution in [3.63, 3.8) is 0 Å². The number of aromatic hydroxyl groups is 1. The highest BCUT2D eigenvalue weighted by Crippen LogP contribution is 2.33. The number of carbonyl (C=O) groups is 1. The number of likely N-dealkylation sites (tertiary alicyclic amines) is 1. The minimum Gasteiger partial charge on any atom is -0.504 e. The summed E-state index contributed by atoms with van der Waals surface area (Å²) in [5, 5.41) is 9.77. The summed E-state index contributed by atoms with van der Waals surface area (Å²) in [6, 6.07) is 3.53. The van der Waals surface area contributed by atoms with E-state index in [1.54, 1.807) is 13.2 Å². The van der Waals surface area contributed by atoms with E-state index >= 15 is 0 Å². The first-order chi connectivity index (χ1) is 11.0. The number of hydrogen-bond acceptors (Lipinski definition) is 5. The Morgan fingerprint density at radius 2 is 2.09 bits per heavy atom. The van der Waals surface area contributed by atoms with Crippen molar-refractivity contribution in [2.45, 2.75) is 32.7 Å². The molecule has 1 aliphatic heterocycles. The van der Waals surface area contributed by atoms with Crippen LogP contribution in [0.5, 0.6) is 11.5 Å². The van der Waals surface area contributed by atoms with Crippen LogP contribution in [0, 0.1) is 5.92 Å². The first-order valence-corrected chi connectivity index (χ1v) is 8.76. The lowest BCUT2D eigenvalue weighted by atomic mass is 9.93. The smallest absolute Gasteiger partial charge is 0.306 e. The number of esters is 1. The second-order valence-electron chi connectivity index (χ2n) is 5.84. The Morgan fingerprint density at radius 1 is 1.39 bits per heavy atom. The van der Waals surface area contributed by atoms with Gasteiger partial charge in [0.1, 0.15) is 0 Å². The maximum Gasteiger partial charge on any atom is 0.306 e. The van der Waals surface area contributed by atoms with E-state index in [-0.39, 0.29) is 11.7 Å². The minimum atomic E-state index is -0.0861. The fraction of sp³-hybridized carbons (Fsp3) is 0.588. The van der Waals surface area contributed by atoms with Gasteiger partial charge in [-0.15, -0.1) is 0 Å². The molecule has 0 aliphatic carbocycles. The Morgan fingerprint density at radius 3 is 2.70 bits per heavy atom. The summed E-state index contributed by atoms with van der Waals surface area (Å²) in [6.45, 7) is 5.00. The van der Waals surface area contributed by atoms with Crippen LogP contribution in [0.25, 0.3) is 0 Å². The van der Waals surface area contributed by atoms with Crippen molar-refractivity contribution in [2.75, 3.05) is 26.8 Å². The zero-order chi connectivity index (χ0) is 16.8. The number of benzene rings is 1. The van der Waals surface area contributed by atoms with Crippen LogP contribution >= 0.6 is 15.9 Å². The average molecular weight is 386 g/mol. The molecule has 128 valence electrons. The molecular formula is C17H24BrNO4. The highest BCUT2D eigenvalue weighted by Gasteiger charge is 2.22. The fourth-order valence-corrected chi connectivity index (χ4v) is 3.37. The average Bonchev–Trinajstić information content (AvgIpc) is 2.52. The molecule has 1 fully saturated rings. The van der Waals surface area contributed by atoms with E-state index < -0.39 is 0 Å². The first-order valence-electron chi connectivity index (χ1n) is 7.96. The number of carbonyl (C=O) groups excluding carboxylic acids is 1. The van der Waals surface area contributed by atoms with E-state index in [9.17, 15) is 9.90 Å². The van der Waals surface area contributed by atoms with Crippen LogP contribution in [0.4, 0.5) is 0 Å². The van der Waals surface area contributed by atoms with Crippen LogP contribution in [0.1, 0.15) is 31.7 Å². The van der Waals surface area contributed by atoms with Crippen LogP contribution in [0.2, 0.25) is 0 Å². The molecule has 0 bridgehead atoms. The van der Waals surface area contributed by atoms with Crippen molar-refractivity contribution >= 4 is 21.9 Å². The van der Waals surface area contributed by atoms with Gasteiger partial charge in [-0.1, -0.05) is 15.9 Å². The standard InChI is InChI=1S/C17H24BrNO4/c1-3-23-17(21)8-12-4-6-19(7-5-12)11-13-9-16(22-2)15(20)10-14(13)18/h9-10,12,20H,3-8,11H2,1-2H3. The zero-order valence-corrected chi connectivity index (χ0v) is 15.3. The number of rotatable bonds is 6. The molecule has 1 heterocycles. The van der Waals surface area contributed by atoms with Crippen molar-refractivity contribution < 1.29 is 19.4 Å². The van der Waals surface area contributed by atoms with Gasteiger partial charge in [-0.25, -0.2) is 0 Å². The quantitative estimate of drug-likeness (QED) is 0.761. The molecular weight excluding hydrogens is 362 g/mol. The monoisotopic (exact) mass is 385 g/mol. The van der Waals surface area contributed by atoms with Gasteiger partial charge >= 0.3 is 5.97 Å². The van der Waals surface area contributed by atoms with E-state index in [4.69, 9.17) is 9.47 Å². The van der Waals surface area contributed by atoms with Gasteiger partial charge < -0.3 is 14.6 Å². The van der Waals surface area contributed by atoms with Gasteiger partial charge in [-0.3, -0.25) is 9.69 Å². The molecule has 0 radical (unpaired) electrons. The number of hydrogen-bond donors (Lipinski definition) is 1. The third kappa shape index (κ3) is 5.11. The first kappa shape index (κ1) is 18.1. The van der Waals surface area contributed by atoms with Crippen LogP contribution in [-0.4, -0.2) is 42.8 Å². The van der Waals surface area contributed by atoms with Crippen LogP contribution < -0.4 is 4.74 Å². The predicted molar refractivity (Wildman–Crippen MR) is 91.6 cm³/mol. The Labute approximate surface area is 145 Å². The Bertz CT molecular complexity index is 542. The van der Waals surface area contributed by atoms with Crippen LogP contribution in [0.3, 0.4) is 0 Å². The predicted octanol–water partition coefficient (Wildman–Crippen LogP) is 3.33. The van der Waals surface area contributed by atoms with E-state index in [1.165, 1.54) is 0 Å². The van der Waals surface area contributed by atoms with Gasteiger partial charge in [-0.05, 0) is 56.5 Å². The highest BCUT2D eigenvalue weighted by molar-refractivity contribution is 9.10. The third-order valence-electron chi connectivity index (χ3n) is 4.21. The summed E-state index contributed by atoms with van der Waals surface area (Å²) in [5.74, 6) is 0.955. The zero-order valence-electron chi connectivity index (χ0n) is 13.7. The lowest BCUT2D eigenvalue weighted by Crippen LogP contribution is -2.34. The molecule has 0 spiro atoms. The summed E-state index contributed by atoms with van der Waals surface area (Å²) in [7, 11) is 1.55. The van der Waals surface area contributed by atoms with Crippen LogP contribution in [-0.2, 0) is 16.1 Å². The summed E-state index contributed by atoms with van der Waals surface area (Å²) in [4.78, 5) is 13.9. The van der Waals surface area contributed by atoms with Crippen molar-refractivity contribution in [2.24, 2.45) is 5.92 Å². The molecule has 1 aromatic carbocycles. The van der Waals surface area contributed by atoms with Crippen molar-refractivity contribution in [3.05, 3.63) is 22.2 Å². The maximum atomic E-state index is 11.6. The van der Waals surface area contributed by atoms with Crippen molar-refractivity contribution in [1.82, 2.24) is 4.90 Å². The number of phenols is 1. The molecule has 6 heteroatoms. The van der Waals surface area contributed by atoms with Gasteiger partial charge in [0, 0.05) is 17.4 Å². The number of nitrogens with zero attached hydrogens (tertiary/aromatic N) is 1. The fourth-order valence-electron chi connectivity index (χ4n) is 2.91. The molecule has 0 amide bonds. The van der Waals surface area contributed by atoms with Gasteiger partial charge in [0.25, 0.3) is 0 Å². The normalized spacial score (nSPS) is 16.3. The Balaban J connectivity index is 1.88. The number of methoxy groups -OCH3 is 1. The Kier molecular flexibility index (Phi) is 6.72. The maximum absolute atomic E-state index is 11.6. The molecule has 0 aromatic heterocycles. The SMILES string of the molecule is CCOC(=O)CC1CCN(Cc2cc(OC)c(O)cc2Br)CC1. The third-order valence-corrected chi connectivity index (χ3v) is 4.95. The molecule has 5 nitrogen and oxygen atoms in total. The second-order valence-corrected chi connectivity index (χ2v) is 6.70. The van der Waals surface area contributed by atoms with E-state index in [2.05, 4.69) is 20.8 Å². The van der Waals surface area contributed by atoms with Crippen LogP contribution in [0.15, 0.2) is 16.6 Å². The van der Waals surface area contributed by atoms with E-state index in [0.717, 1.165) is 42.5 Å². The number of piperidine rings is 1. The van der Waals surface area contributed by atoms with Gasteiger partial charge in [0.05, 0.1) is 13.7 Å². The topological polar surface area (TPSA) is 59.0 Å². The molecule has 1 N–H and O–H groups in total. The summed E-state index contributed by atoms with van der Waals surface area (Å²) in [5.41, 5.74) is 1.09. The molecule has 1 aromatic rings. The Hall–Kier alpha value is -1.27. The molecule has 23 heavy (non-hydrogen) atoms. The summed E-state index contributed by atoms with van der Waals surface area (Å²) >= 11 is 3.50. The minimum absolute atomic E-state index is 0.0861. The summed E-state index contributed by atoms with van der Waals surface area (Å²) in [6.07, 6.45) is 2.54. The van der Waals surface area contributed by atoms with Gasteiger partial charge in [0.15, 0.2) is 11.5 Å². The molecule has 1 aliphatic rings. The molecule has 1 saturated heterocycles. The van der Waals surface area contributed by atoms with E-state index in [0.29, 0.717) is 24.7 Å². The largest absolute Gasteiger partial charge is 0.504 e. The lowest BCUT2D eigenvalue weighted by molar-refractivity contribution is -0.144. The number of ether oxygens (including phenoxy) is 2. The molecule has 2 rings (SSSR count). The van der Waals surface area contributed by atoms with Crippen molar-refractivity contribution in [3.8, 4) is 11.5 Å². The summed E-state index contributed by atoms with van der Waals surface area (Å²) < 4.78 is 11.1. The highest BCUT2D eigenvalue weighted by atomic mass is 79.9. The second kappa shape index (κ2) is 8.55. The van der Waals surface area contributed by atoms with Gasteiger partial charge in [-0.2, -0.15) is 0 Å².